The van der Waals surface area contributed by atoms with E-state index in [1.54, 1.807) is 25.1 Å². The van der Waals surface area contributed by atoms with Crippen molar-refractivity contribution in [3.63, 3.8) is 0 Å². The predicted octanol–water partition coefficient (Wildman–Crippen LogP) is 0.786. The maximum Gasteiger partial charge on any atom is 0.262 e. The first kappa shape index (κ1) is 13.5. The third kappa shape index (κ3) is 2.12. The van der Waals surface area contributed by atoms with E-state index in [9.17, 15) is 19.2 Å². The summed E-state index contributed by atoms with van der Waals surface area (Å²) in [5.74, 6) is -1.57. The van der Waals surface area contributed by atoms with Crippen LogP contribution in [0, 0.1) is 6.92 Å². The summed E-state index contributed by atoms with van der Waals surface area (Å²) >= 11 is 0. The molecule has 1 atom stereocenters. The molecule has 2 aliphatic heterocycles. The molecular weight excluding hydrogens is 272 g/mol. The highest BCUT2D eigenvalue weighted by atomic mass is 16.2. The quantitative estimate of drug-likeness (QED) is 0.773. The number of aryl methyl sites for hydroxylation is 1. The van der Waals surface area contributed by atoms with Crippen molar-refractivity contribution in [3.8, 4) is 0 Å². The van der Waals surface area contributed by atoms with Crippen LogP contribution in [0.15, 0.2) is 18.2 Å². The number of carbonyl (C=O) groups excluding carboxylic acids is 4. The van der Waals surface area contributed by atoms with Gasteiger partial charge in [0.05, 0.1) is 11.1 Å². The van der Waals surface area contributed by atoms with E-state index in [0.717, 1.165) is 10.5 Å². The van der Waals surface area contributed by atoms with Crippen molar-refractivity contribution in [2.24, 2.45) is 0 Å². The summed E-state index contributed by atoms with van der Waals surface area (Å²) in [6.07, 6.45) is 0.404. The summed E-state index contributed by atoms with van der Waals surface area (Å²) in [5.41, 5.74) is 1.51. The zero-order valence-electron chi connectivity index (χ0n) is 11.5. The Morgan fingerprint density at radius 2 is 1.86 bits per heavy atom. The molecule has 0 spiro atoms. The topological polar surface area (TPSA) is 83.6 Å². The Bertz CT molecular complexity index is 680. The van der Waals surface area contributed by atoms with E-state index in [0.29, 0.717) is 17.5 Å². The maximum atomic E-state index is 12.5. The van der Waals surface area contributed by atoms with Crippen molar-refractivity contribution in [3.05, 3.63) is 34.9 Å². The van der Waals surface area contributed by atoms with Crippen molar-refractivity contribution in [2.45, 2.75) is 32.2 Å². The van der Waals surface area contributed by atoms with Crippen molar-refractivity contribution in [2.75, 3.05) is 0 Å². The minimum Gasteiger partial charge on any atom is -0.296 e. The molecule has 1 N–H and O–H groups in total. The van der Waals surface area contributed by atoms with Gasteiger partial charge in [-0.15, -0.1) is 0 Å². The molecule has 0 saturated carbocycles. The van der Waals surface area contributed by atoms with E-state index >= 15 is 0 Å². The van der Waals surface area contributed by atoms with E-state index in [1.165, 1.54) is 0 Å². The fourth-order valence-corrected chi connectivity index (χ4v) is 2.91. The molecule has 1 saturated heterocycles. The lowest BCUT2D eigenvalue weighted by Gasteiger charge is -2.23. The monoisotopic (exact) mass is 286 g/mol. The Balaban J connectivity index is 1.96. The summed E-state index contributed by atoms with van der Waals surface area (Å²) in [7, 11) is 0. The fourth-order valence-electron chi connectivity index (χ4n) is 2.91. The normalized spacial score (nSPS) is 22.1. The Labute approximate surface area is 121 Å². The molecule has 6 nitrogen and oxygen atoms in total. The Morgan fingerprint density at radius 1 is 1.10 bits per heavy atom. The Kier molecular flexibility index (Phi) is 3.08. The number of amides is 4. The smallest absolute Gasteiger partial charge is 0.262 e. The van der Waals surface area contributed by atoms with Gasteiger partial charge in [0.25, 0.3) is 11.8 Å². The molecular formula is C15H14N2O4. The summed E-state index contributed by atoms with van der Waals surface area (Å²) in [5, 5.41) is 2.23. The fraction of sp³-hybridized carbons (Fsp3) is 0.333. The maximum absolute atomic E-state index is 12.5. The van der Waals surface area contributed by atoms with Crippen LogP contribution in [0.2, 0.25) is 0 Å². The van der Waals surface area contributed by atoms with Gasteiger partial charge in [0.2, 0.25) is 11.8 Å². The van der Waals surface area contributed by atoms with Gasteiger partial charge in [-0.1, -0.05) is 12.1 Å². The summed E-state index contributed by atoms with van der Waals surface area (Å²) in [6, 6.07) is 4.55. The van der Waals surface area contributed by atoms with Crippen LogP contribution in [0.4, 0.5) is 0 Å². The molecule has 6 heteroatoms. The van der Waals surface area contributed by atoms with Crippen LogP contribution >= 0.6 is 0 Å². The number of benzene rings is 1. The molecule has 1 fully saturated rings. The molecule has 0 aromatic heterocycles. The first-order valence-corrected chi connectivity index (χ1v) is 6.79. The number of nitrogens with one attached hydrogen (secondary N) is 1. The van der Waals surface area contributed by atoms with Gasteiger partial charge < -0.3 is 0 Å². The summed E-state index contributed by atoms with van der Waals surface area (Å²) in [4.78, 5) is 49.1. The number of hydrogen-bond donors (Lipinski definition) is 1. The minimum absolute atomic E-state index is 0.0315. The van der Waals surface area contributed by atoms with Gasteiger partial charge in [0, 0.05) is 18.9 Å². The van der Waals surface area contributed by atoms with Gasteiger partial charge in [-0.3, -0.25) is 29.4 Å². The molecule has 21 heavy (non-hydrogen) atoms. The first-order chi connectivity index (χ1) is 9.99. The summed E-state index contributed by atoms with van der Waals surface area (Å²) < 4.78 is 0. The lowest BCUT2D eigenvalue weighted by atomic mass is 10.0. The Hall–Kier alpha value is -2.50. The largest absolute Gasteiger partial charge is 0.296 e. The lowest BCUT2D eigenvalue weighted by Crippen LogP contribution is -2.41. The van der Waals surface area contributed by atoms with Gasteiger partial charge >= 0.3 is 0 Å². The molecule has 2 heterocycles. The zero-order valence-corrected chi connectivity index (χ0v) is 11.5. The average Bonchev–Trinajstić information content (AvgIpc) is 2.57. The van der Waals surface area contributed by atoms with Crippen LogP contribution < -0.4 is 5.32 Å². The van der Waals surface area contributed by atoms with Gasteiger partial charge in [0.15, 0.2) is 0 Å². The summed E-state index contributed by atoms with van der Waals surface area (Å²) in [6.45, 7) is 1.77. The van der Waals surface area contributed by atoms with Crippen molar-refractivity contribution in [1.29, 1.82) is 0 Å². The number of hydrogen-bond acceptors (Lipinski definition) is 4. The van der Waals surface area contributed by atoms with E-state index < -0.39 is 11.9 Å². The van der Waals surface area contributed by atoms with Gasteiger partial charge in [0.1, 0.15) is 0 Å². The van der Waals surface area contributed by atoms with E-state index in [2.05, 4.69) is 5.32 Å². The second kappa shape index (κ2) is 4.80. The van der Waals surface area contributed by atoms with Crippen LogP contribution in [-0.4, -0.2) is 34.6 Å². The molecule has 0 aliphatic carbocycles. The van der Waals surface area contributed by atoms with Gasteiger partial charge in [-0.2, -0.15) is 0 Å². The SMILES string of the molecule is Cc1cccc2c1C(=O)N(C1CCC(=O)NC(=O)C1)C2=O. The van der Waals surface area contributed by atoms with Crippen LogP contribution in [0.5, 0.6) is 0 Å². The second-order valence-corrected chi connectivity index (χ2v) is 5.35. The van der Waals surface area contributed by atoms with Crippen LogP contribution in [-0.2, 0) is 9.59 Å². The molecule has 2 aliphatic rings. The number of imide groups is 2. The minimum atomic E-state index is -0.566. The number of fused-ring (bicyclic) bond motifs is 1. The molecule has 1 aromatic rings. The highest BCUT2D eigenvalue weighted by Crippen LogP contribution is 2.29. The predicted molar refractivity (Wildman–Crippen MR) is 72.5 cm³/mol. The average molecular weight is 286 g/mol. The van der Waals surface area contributed by atoms with Crippen molar-refractivity contribution >= 4 is 23.6 Å². The van der Waals surface area contributed by atoms with E-state index in [-0.39, 0.29) is 30.6 Å². The third-order valence-electron chi connectivity index (χ3n) is 3.92. The lowest BCUT2D eigenvalue weighted by molar-refractivity contribution is -0.129. The van der Waals surface area contributed by atoms with E-state index in [1.807, 2.05) is 0 Å². The highest BCUT2D eigenvalue weighted by Gasteiger charge is 2.42. The van der Waals surface area contributed by atoms with Crippen LogP contribution in [0.25, 0.3) is 0 Å². The Morgan fingerprint density at radius 3 is 2.57 bits per heavy atom. The third-order valence-corrected chi connectivity index (χ3v) is 3.92. The standard InChI is InChI=1S/C15H14N2O4/c1-8-3-2-4-10-13(8)15(21)17(14(10)20)9-5-6-11(18)16-12(19)7-9/h2-4,9H,5-7H2,1H3,(H,16,18,19). The number of nitrogens with zero attached hydrogens (tertiary/aromatic N) is 1. The molecule has 0 bridgehead atoms. The van der Waals surface area contributed by atoms with Crippen molar-refractivity contribution in [1.82, 2.24) is 10.2 Å². The molecule has 4 amide bonds. The number of rotatable bonds is 1. The molecule has 1 aromatic carbocycles. The highest BCUT2D eigenvalue weighted by molar-refractivity contribution is 6.22. The first-order valence-electron chi connectivity index (χ1n) is 6.79. The van der Waals surface area contributed by atoms with Crippen LogP contribution in [0.3, 0.4) is 0 Å². The molecule has 108 valence electrons. The molecule has 0 radical (unpaired) electrons. The molecule has 1 unspecified atom stereocenters. The van der Waals surface area contributed by atoms with E-state index in [4.69, 9.17) is 0 Å². The van der Waals surface area contributed by atoms with Crippen molar-refractivity contribution < 1.29 is 19.2 Å². The van der Waals surface area contributed by atoms with Gasteiger partial charge in [-0.25, -0.2) is 0 Å². The zero-order chi connectivity index (χ0) is 15.1. The number of carbonyl (C=O) groups is 4. The second-order valence-electron chi connectivity index (χ2n) is 5.35. The molecule has 3 rings (SSSR count). The van der Waals surface area contributed by atoms with Crippen LogP contribution in [0.1, 0.15) is 45.5 Å². The van der Waals surface area contributed by atoms with Gasteiger partial charge in [-0.05, 0) is 25.0 Å².